The highest BCUT2D eigenvalue weighted by molar-refractivity contribution is 6.39. The second-order valence-electron chi connectivity index (χ2n) is 3.93. The molecule has 4 heteroatoms. The van der Waals surface area contributed by atoms with Crippen molar-refractivity contribution in [2.45, 2.75) is 20.8 Å². The molecule has 0 amide bonds. The molecule has 1 aromatic carbocycles. The van der Waals surface area contributed by atoms with Crippen molar-refractivity contribution in [2.75, 3.05) is 6.61 Å². The molecule has 18 heavy (non-hydrogen) atoms. The Hall–Kier alpha value is -2.10. The zero-order valence-corrected chi connectivity index (χ0v) is 10.7. The van der Waals surface area contributed by atoms with E-state index >= 15 is 0 Å². The smallest absolute Gasteiger partial charge is 0.379 e. The molecule has 0 unspecified atom stereocenters. The lowest BCUT2D eigenvalue weighted by Crippen LogP contribution is -2.15. The molecule has 0 heterocycles. The van der Waals surface area contributed by atoms with E-state index in [1.165, 1.54) is 0 Å². The van der Waals surface area contributed by atoms with Crippen LogP contribution in [0.1, 0.15) is 23.6 Å². The van der Waals surface area contributed by atoms with Crippen LogP contribution >= 0.6 is 0 Å². The zero-order valence-electron chi connectivity index (χ0n) is 10.7. The summed E-state index contributed by atoms with van der Waals surface area (Å²) in [6.45, 7) is 5.43. The maximum atomic E-state index is 11.4. The molecule has 0 atom stereocenters. The summed E-state index contributed by atoms with van der Waals surface area (Å²) >= 11 is 0. The average molecular weight is 248 g/mol. The van der Waals surface area contributed by atoms with Crippen molar-refractivity contribution in [1.29, 1.82) is 0 Å². The molecule has 0 aliphatic heterocycles. The molecular weight excluding hydrogens is 232 g/mol. The largest absolute Gasteiger partial charge is 0.507 e. The highest BCUT2D eigenvalue weighted by Crippen LogP contribution is 2.18. The number of aliphatic hydroxyl groups is 1. The van der Waals surface area contributed by atoms with Crippen LogP contribution in [0, 0.1) is 13.8 Å². The number of esters is 1. The summed E-state index contributed by atoms with van der Waals surface area (Å²) in [7, 11) is 0. The van der Waals surface area contributed by atoms with Crippen molar-refractivity contribution >= 4 is 17.5 Å². The number of carbonyl (C=O) groups is 2. The van der Waals surface area contributed by atoms with Crippen LogP contribution in [0.3, 0.4) is 0 Å². The second-order valence-corrected chi connectivity index (χ2v) is 3.93. The van der Waals surface area contributed by atoms with Crippen molar-refractivity contribution in [3.63, 3.8) is 0 Å². The Morgan fingerprint density at radius 3 is 2.61 bits per heavy atom. The van der Waals surface area contributed by atoms with Gasteiger partial charge in [0.15, 0.2) is 0 Å². The van der Waals surface area contributed by atoms with E-state index in [0.29, 0.717) is 5.56 Å². The number of carbonyl (C=O) groups excluding carboxylic acids is 2. The van der Waals surface area contributed by atoms with Crippen molar-refractivity contribution in [3.05, 3.63) is 41.0 Å². The molecule has 0 fully saturated rings. The third kappa shape index (κ3) is 3.45. The molecule has 0 aromatic heterocycles. The van der Waals surface area contributed by atoms with Crippen molar-refractivity contribution < 1.29 is 19.4 Å². The quantitative estimate of drug-likeness (QED) is 0.384. The SMILES string of the molecule is CCOC(=O)C(=O)/C=C(\O)c1cc(C)ccc1C. The van der Waals surface area contributed by atoms with E-state index < -0.39 is 11.8 Å². The number of ether oxygens (including phenoxy) is 1. The summed E-state index contributed by atoms with van der Waals surface area (Å²) in [4.78, 5) is 22.5. The van der Waals surface area contributed by atoms with Gasteiger partial charge in [0.25, 0.3) is 5.78 Å². The standard InChI is InChI=1S/C14H16O4/c1-4-18-14(17)13(16)8-12(15)11-7-9(2)5-6-10(11)3/h5-8,15H,4H2,1-3H3/b12-8-. The normalized spacial score (nSPS) is 11.2. The molecular formula is C14H16O4. The number of ketones is 1. The van der Waals surface area contributed by atoms with E-state index in [1.54, 1.807) is 13.0 Å². The van der Waals surface area contributed by atoms with Gasteiger partial charge in [0, 0.05) is 11.6 Å². The van der Waals surface area contributed by atoms with Gasteiger partial charge in [-0.1, -0.05) is 17.7 Å². The molecule has 1 aromatic rings. The van der Waals surface area contributed by atoms with Crippen LogP contribution in [0.2, 0.25) is 0 Å². The minimum Gasteiger partial charge on any atom is -0.507 e. The first-order valence-electron chi connectivity index (χ1n) is 5.65. The molecule has 4 nitrogen and oxygen atoms in total. The predicted molar refractivity (Wildman–Crippen MR) is 68.2 cm³/mol. The van der Waals surface area contributed by atoms with E-state index in [1.807, 2.05) is 26.0 Å². The summed E-state index contributed by atoms with van der Waals surface area (Å²) in [5.41, 5.74) is 2.32. The molecule has 0 radical (unpaired) electrons. The van der Waals surface area contributed by atoms with Crippen molar-refractivity contribution in [3.8, 4) is 0 Å². The Balaban J connectivity index is 2.99. The van der Waals surface area contributed by atoms with Gasteiger partial charge in [-0.25, -0.2) is 4.79 Å². The van der Waals surface area contributed by atoms with Crippen molar-refractivity contribution in [1.82, 2.24) is 0 Å². The Labute approximate surface area is 106 Å². The maximum Gasteiger partial charge on any atom is 0.379 e. The summed E-state index contributed by atoms with van der Waals surface area (Å²) < 4.78 is 4.55. The third-order valence-corrected chi connectivity index (χ3v) is 2.41. The number of aliphatic hydroxyl groups excluding tert-OH is 1. The second kappa shape index (κ2) is 6.00. The van der Waals surface area contributed by atoms with Crippen molar-refractivity contribution in [2.24, 2.45) is 0 Å². The number of aryl methyl sites for hydroxylation is 2. The van der Waals surface area contributed by atoms with E-state index in [9.17, 15) is 14.7 Å². The predicted octanol–water partition coefficient (Wildman–Crippen LogP) is 2.33. The molecule has 0 aliphatic rings. The van der Waals surface area contributed by atoms with Crippen LogP contribution in [0.25, 0.3) is 5.76 Å². The topological polar surface area (TPSA) is 63.6 Å². The van der Waals surface area contributed by atoms with Crippen LogP contribution in [-0.4, -0.2) is 23.5 Å². The first-order valence-corrected chi connectivity index (χ1v) is 5.65. The minimum absolute atomic E-state index is 0.128. The molecule has 0 aliphatic carbocycles. The van der Waals surface area contributed by atoms with Crippen LogP contribution < -0.4 is 0 Å². The van der Waals surface area contributed by atoms with Gasteiger partial charge in [-0.05, 0) is 32.4 Å². The van der Waals surface area contributed by atoms with Gasteiger partial charge in [-0.15, -0.1) is 0 Å². The van der Waals surface area contributed by atoms with Gasteiger partial charge in [-0.2, -0.15) is 0 Å². The molecule has 1 N–H and O–H groups in total. The van der Waals surface area contributed by atoms with Gasteiger partial charge in [0.2, 0.25) is 0 Å². The highest BCUT2D eigenvalue weighted by Gasteiger charge is 2.14. The zero-order chi connectivity index (χ0) is 13.7. The van der Waals surface area contributed by atoms with Crippen LogP contribution in [0.15, 0.2) is 24.3 Å². The molecule has 0 spiro atoms. The number of rotatable bonds is 4. The Morgan fingerprint density at radius 2 is 2.00 bits per heavy atom. The lowest BCUT2D eigenvalue weighted by atomic mass is 10.0. The van der Waals surface area contributed by atoms with Gasteiger partial charge in [0.05, 0.1) is 6.61 Å². The Kier molecular flexibility index (Phi) is 4.66. The first kappa shape index (κ1) is 14.0. The monoisotopic (exact) mass is 248 g/mol. The summed E-state index contributed by atoms with van der Waals surface area (Å²) in [6, 6.07) is 5.49. The van der Waals surface area contributed by atoms with E-state index in [2.05, 4.69) is 4.74 Å². The lowest BCUT2D eigenvalue weighted by molar-refractivity contribution is -0.151. The van der Waals surface area contributed by atoms with Gasteiger partial charge >= 0.3 is 5.97 Å². The maximum absolute atomic E-state index is 11.4. The van der Waals surface area contributed by atoms with Gasteiger partial charge in [0.1, 0.15) is 5.76 Å². The number of benzene rings is 1. The molecule has 0 bridgehead atoms. The number of hydrogen-bond acceptors (Lipinski definition) is 4. The van der Waals surface area contributed by atoms with E-state index in [4.69, 9.17) is 0 Å². The molecule has 1 rings (SSSR count). The fraction of sp³-hybridized carbons (Fsp3) is 0.286. The summed E-state index contributed by atoms with van der Waals surface area (Å²) in [5.74, 6) is -2.06. The van der Waals surface area contributed by atoms with Gasteiger partial charge < -0.3 is 9.84 Å². The molecule has 96 valence electrons. The Morgan fingerprint density at radius 1 is 1.33 bits per heavy atom. The molecule has 0 saturated heterocycles. The van der Waals surface area contributed by atoms with Gasteiger partial charge in [-0.3, -0.25) is 4.79 Å². The summed E-state index contributed by atoms with van der Waals surface area (Å²) in [6.07, 6.45) is 0.889. The third-order valence-electron chi connectivity index (χ3n) is 2.41. The molecule has 0 saturated carbocycles. The van der Waals surface area contributed by atoms with Crippen LogP contribution in [0.5, 0.6) is 0 Å². The fourth-order valence-corrected chi connectivity index (χ4v) is 1.47. The highest BCUT2D eigenvalue weighted by atomic mass is 16.5. The number of hydrogen-bond donors (Lipinski definition) is 1. The van der Waals surface area contributed by atoms with E-state index in [0.717, 1.165) is 17.2 Å². The fourth-order valence-electron chi connectivity index (χ4n) is 1.47. The summed E-state index contributed by atoms with van der Waals surface area (Å²) in [5, 5.41) is 9.85. The van der Waals surface area contributed by atoms with E-state index in [-0.39, 0.29) is 12.4 Å². The lowest BCUT2D eigenvalue weighted by Gasteiger charge is -2.06. The minimum atomic E-state index is -0.964. The Bertz CT molecular complexity index is 501. The van der Waals surface area contributed by atoms with Crippen LogP contribution in [0.4, 0.5) is 0 Å². The first-order chi connectivity index (χ1) is 8.45. The van der Waals surface area contributed by atoms with Crippen LogP contribution in [-0.2, 0) is 14.3 Å². The average Bonchev–Trinajstić information content (AvgIpc) is 2.32.